The highest BCUT2D eigenvalue weighted by atomic mass is 32.2. The molecule has 0 bridgehead atoms. The topological polar surface area (TPSA) is 86.8 Å². The predicted octanol–water partition coefficient (Wildman–Crippen LogP) is 2.38. The van der Waals surface area contributed by atoms with Gasteiger partial charge in [-0.1, -0.05) is 18.2 Å². The first-order chi connectivity index (χ1) is 13.6. The molecule has 3 rings (SSSR count). The van der Waals surface area contributed by atoms with E-state index in [2.05, 4.69) is 5.32 Å². The largest absolute Gasteiger partial charge is 0.325 e. The second-order valence-electron chi connectivity index (χ2n) is 7.13. The number of halogens is 1. The zero-order valence-corrected chi connectivity index (χ0v) is 17.2. The lowest BCUT2D eigenvalue weighted by molar-refractivity contribution is -0.122. The van der Waals surface area contributed by atoms with Crippen molar-refractivity contribution in [1.29, 1.82) is 0 Å². The smallest absolute Gasteiger partial charge is 0.244 e. The molecular formula is C20H22FN3O4S. The van der Waals surface area contributed by atoms with Crippen molar-refractivity contribution in [2.45, 2.75) is 18.2 Å². The standard InChI is InChI=1S/C20H22FN3O4S/c1-13-8-9-17(15(21)10-13)24-12-14(11-19(24)25)20(26)22-16-6-4-5-7-18(16)29(27,28)23(2)3/h4-10,14H,11-12H2,1-3H3,(H,22,26). The van der Waals surface area contributed by atoms with Crippen LogP contribution in [0.25, 0.3) is 0 Å². The summed E-state index contributed by atoms with van der Waals surface area (Å²) in [5, 5.41) is 2.61. The molecule has 2 aromatic rings. The van der Waals surface area contributed by atoms with Crippen LogP contribution in [0.15, 0.2) is 47.4 Å². The number of carbonyl (C=O) groups is 2. The summed E-state index contributed by atoms with van der Waals surface area (Å²) < 4.78 is 40.3. The number of anilines is 2. The number of sulfonamides is 1. The Morgan fingerprint density at radius 1 is 1.21 bits per heavy atom. The number of amides is 2. The van der Waals surface area contributed by atoms with Crippen molar-refractivity contribution in [3.05, 3.63) is 53.8 Å². The van der Waals surface area contributed by atoms with Gasteiger partial charge in [0, 0.05) is 27.1 Å². The zero-order valence-electron chi connectivity index (χ0n) is 16.3. The normalized spacial score (nSPS) is 17.1. The average Bonchev–Trinajstić information content (AvgIpc) is 3.03. The molecule has 0 saturated carbocycles. The van der Waals surface area contributed by atoms with Crippen molar-refractivity contribution in [1.82, 2.24) is 4.31 Å². The predicted molar refractivity (Wildman–Crippen MR) is 108 cm³/mol. The lowest BCUT2D eigenvalue weighted by Gasteiger charge is -2.19. The molecule has 1 aliphatic rings. The SMILES string of the molecule is Cc1ccc(N2CC(C(=O)Nc3ccccc3S(=O)(=O)N(C)C)CC2=O)c(F)c1. The quantitative estimate of drug-likeness (QED) is 0.806. The molecule has 1 fully saturated rings. The molecule has 9 heteroatoms. The fraction of sp³-hybridized carbons (Fsp3) is 0.300. The first-order valence-electron chi connectivity index (χ1n) is 9.00. The van der Waals surface area contributed by atoms with Crippen LogP contribution in [0.5, 0.6) is 0 Å². The van der Waals surface area contributed by atoms with Crippen molar-refractivity contribution in [3.63, 3.8) is 0 Å². The maximum atomic E-state index is 14.2. The summed E-state index contributed by atoms with van der Waals surface area (Å²) in [6.07, 6.45) is -0.0816. The molecule has 1 unspecified atom stereocenters. The second kappa shape index (κ2) is 7.92. The van der Waals surface area contributed by atoms with Gasteiger partial charge in [-0.15, -0.1) is 0 Å². The van der Waals surface area contributed by atoms with Gasteiger partial charge >= 0.3 is 0 Å². The maximum Gasteiger partial charge on any atom is 0.244 e. The highest BCUT2D eigenvalue weighted by molar-refractivity contribution is 7.89. The molecule has 0 radical (unpaired) electrons. The number of hydrogen-bond acceptors (Lipinski definition) is 4. The van der Waals surface area contributed by atoms with Crippen molar-refractivity contribution in [2.24, 2.45) is 5.92 Å². The summed E-state index contributed by atoms with van der Waals surface area (Å²) in [5.74, 6) is -2.10. The van der Waals surface area contributed by atoms with Crippen molar-refractivity contribution >= 4 is 33.2 Å². The Bertz CT molecular complexity index is 1070. The molecule has 0 spiro atoms. The van der Waals surface area contributed by atoms with E-state index in [4.69, 9.17) is 0 Å². The third kappa shape index (κ3) is 4.15. The van der Waals surface area contributed by atoms with Crippen LogP contribution in [-0.2, 0) is 19.6 Å². The van der Waals surface area contributed by atoms with Crippen LogP contribution in [0.1, 0.15) is 12.0 Å². The van der Waals surface area contributed by atoms with Gasteiger partial charge in [-0.2, -0.15) is 0 Å². The fourth-order valence-electron chi connectivity index (χ4n) is 3.17. The van der Waals surface area contributed by atoms with Gasteiger partial charge in [0.15, 0.2) is 0 Å². The van der Waals surface area contributed by atoms with Crippen molar-refractivity contribution in [2.75, 3.05) is 30.9 Å². The number of nitrogens with one attached hydrogen (secondary N) is 1. The van der Waals surface area contributed by atoms with Crippen LogP contribution in [0.3, 0.4) is 0 Å². The number of nitrogens with zero attached hydrogens (tertiary/aromatic N) is 2. The van der Waals surface area contributed by atoms with Crippen LogP contribution in [-0.4, -0.2) is 45.2 Å². The van der Waals surface area contributed by atoms with Crippen LogP contribution in [0, 0.1) is 18.7 Å². The Morgan fingerprint density at radius 3 is 2.55 bits per heavy atom. The summed E-state index contributed by atoms with van der Waals surface area (Å²) in [5.41, 5.74) is 0.996. The molecule has 2 amide bonds. The van der Waals surface area contributed by atoms with Crippen LogP contribution in [0.2, 0.25) is 0 Å². The molecule has 0 aliphatic carbocycles. The first kappa shape index (κ1) is 20.9. The Labute approximate surface area is 169 Å². The minimum Gasteiger partial charge on any atom is -0.325 e. The van der Waals surface area contributed by atoms with Gasteiger partial charge in [-0.3, -0.25) is 9.59 Å². The number of hydrogen-bond donors (Lipinski definition) is 1. The van der Waals surface area contributed by atoms with Gasteiger partial charge < -0.3 is 10.2 Å². The molecule has 0 aromatic heterocycles. The number of benzene rings is 2. The zero-order chi connectivity index (χ0) is 21.3. The molecule has 1 atom stereocenters. The Morgan fingerprint density at radius 2 is 1.90 bits per heavy atom. The molecular weight excluding hydrogens is 397 g/mol. The minimum absolute atomic E-state index is 0.0211. The molecule has 1 aliphatic heterocycles. The van der Waals surface area contributed by atoms with Gasteiger partial charge in [-0.25, -0.2) is 17.1 Å². The van der Waals surface area contributed by atoms with E-state index in [1.54, 1.807) is 25.1 Å². The molecule has 154 valence electrons. The summed E-state index contributed by atoms with van der Waals surface area (Å²) in [6.45, 7) is 1.77. The molecule has 1 N–H and O–H groups in total. The van der Waals surface area contributed by atoms with Gasteiger partial charge in [0.05, 0.1) is 17.3 Å². The van der Waals surface area contributed by atoms with Gasteiger partial charge in [0.2, 0.25) is 21.8 Å². The minimum atomic E-state index is -3.76. The Hall–Kier alpha value is -2.78. The number of para-hydroxylation sites is 1. The maximum absolute atomic E-state index is 14.2. The van der Waals surface area contributed by atoms with E-state index in [1.165, 1.54) is 43.3 Å². The average molecular weight is 419 g/mol. The highest BCUT2D eigenvalue weighted by Gasteiger charge is 2.36. The van der Waals surface area contributed by atoms with E-state index in [0.29, 0.717) is 0 Å². The number of rotatable bonds is 5. The van der Waals surface area contributed by atoms with E-state index in [1.807, 2.05) is 0 Å². The van der Waals surface area contributed by atoms with E-state index in [9.17, 15) is 22.4 Å². The van der Waals surface area contributed by atoms with Crippen LogP contribution < -0.4 is 10.2 Å². The number of aryl methyl sites for hydroxylation is 1. The van der Waals surface area contributed by atoms with Gasteiger partial charge in [0.25, 0.3) is 0 Å². The molecule has 7 nitrogen and oxygen atoms in total. The van der Waals surface area contributed by atoms with E-state index in [0.717, 1.165) is 9.87 Å². The lowest BCUT2D eigenvalue weighted by atomic mass is 10.1. The van der Waals surface area contributed by atoms with Crippen molar-refractivity contribution < 1.29 is 22.4 Å². The van der Waals surface area contributed by atoms with Gasteiger partial charge in [-0.05, 0) is 36.8 Å². The molecule has 1 heterocycles. The second-order valence-corrected chi connectivity index (χ2v) is 9.25. The summed E-state index contributed by atoms with van der Waals surface area (Å²) in [7, 11) is -0.959. The number of carbonyl (C=O) groups excluding carboxylic acids is 2. The van der Waals surface area contributed by atoms with E-state index in [-0.39, 0.29) is 35.1 Å². The van der Waals surface area contributed by atoms with Crippen LogP contribution in [0.4, 0.5) is 15.8 Å². The summed E-state index contributed by atoms with van der Waals surface area (Å²) in [6, 6.07) is 10.6. The highest BCUT2D eigenvalue weighted by Crippen LogP contribution is 2.30. The van der Waals surface area contributed by atoms with E-state index >= 15 is 0 Å². The van der Waals surface area contributed by atoms with Crippen LogP contribution >= 0.6 is 0 Å². The fourth-order valence-corrected chi connectivity index (χ4v) is 4.21. The lowest BCUT2D eigenvalue weighted by Crippen LogP contribution is -2.29. The Balaban J connectivity index is 1.81. The van der Waals surface area contributed by atoms with Crippen molar-refractivity contribution in [3.8, 4) is 0 Å². The van der Waals surface area contributed by atoms with Gasteiger partial charge in [0.1, 0.15) is 10.7 Å². The molecule has 2 aromatic carbocycles. The monoisotopic (exact) mass is 419 g/mol. The third-order valence-electron chi connectivity index (χ3n) is 4.79. The first-order valence-corrected chi connectivity index (χ1v) is 10.4. The summed E-state index contributed by atoms with van der Waals surface area (Å²) in [4.78, 5) is 26.3. The van der Waals surface area contributed by atoms with E-state index < -0.39 is 27.7 Å². The summed E-state index contributed by atoms with van der Waals surface area (Å²) >= 11 is 0. The molecule has 29 heavy (non-hydrogen) atoms. The third-order valence-corrected chi connectivity index (χ3v) is 6.67. The Kier molecular flexibility index (Phi) is 5.72. The molecule has 1 saturated heterocycles.